The third-order valence-electron chi connectivity index (χ3n) is 4.46. The van der Waals surface area contributed by atoms with E-state index in [1.165, 1.54) is 5.56 Å². The molecule has 0 aromatic heterocycles. The van der Waals surface area contributed by atoms with Crippen molar-refractivity contribution in [2.24, 2.45) is 0 Å². The maximum atomic E-state index is 11.3. The molecule has 0 amide bonds. The van der Waals surface area contributed by atoms with E-state index in [9.17, 15) is 9.90 Å². The van der Waals surface area contributed by atoms with Gasteiger partial charge in [-0.15, -0.1) is 0 Å². The Kier molecular flexibility index (Phi) is 6.05. The first-order valence-corrected chi connectivity index (χ1v) is 8.58. The Balaban J connectivity index is 1.80. The van der Waals surface area contributed by atoms with Gasteiger partial charge in [0.2, 0.25) is 0 Å². The van der Waals surface area contributed by atoms with Gasteiger partial charge in [0, 0.05) is 6.54 Å². The Labute approximate surface area is 139 Å². The molecule has 0 spiro atoms. The Hall–Kier alpha value is -1.55. The Morgan fingerprint density at radius 2 is 2.13 bits per heavy atom. The van der Waals surface area contributed by atoms with Gasteiger partial charge in [-0.1, -0.05) is 39.3 Å². The number of nitrogens with zero attached hydrogens (tertiary/aromatic N) is 1. The number of likely N-dealkylation sites (tertiary alicyclic amines) is 1. The average Bonchev–Trinajstić information content (AvgIpc) is 2.51. The number of carboxylic acid groups (broad SMARTS) is 1. The van der Waals surface area contributed by atoms with Crippen molar-refractivity contribution >= 4 is 5.97 Å². The van der Waals surface area contributed by atoms with Gasteiger partial charge in [-0.3, -0.25) is 9.69 Å². The zero-order chi connectivity index (χ0) is 16.9. The van der Waals surface area contributed by atoms with Gasteiger partial charge in [-0.05, 0) is 48.9 Å². The number of benzene rings is 1. The molecular formula is C19H29NO3. The summed E-state index contributed by atoms with van der Waals surface area (Å²) in [6.45, 7) is 8.86. The third-order valence-corrected chi connectivity index (χ3v) is 4.46. The van der Waals surface area contributed by atoms with Crippen molar-refractivity contribution < 1.29 is 14.6 Å². The first-order valence-electron chi connectivity index (χ1n) is 8.58. The van der Waals surface area contributed by atoms with Crippen molar-refractivity contribution in [3.8, 4) is 5.75 Å². The zero-order valence-electron chi connectivity index (χ0n) is 14.5. The monoisotopic (exact) mass is 319 g/mol. The molecule has 4 nitrogen and oxygen atoms in total. The molecule has 0 saturated carbocycles. The minimum absolute atomic E-state index is 0.113. The van der Waals surface area contributed by atoms with Crippen molar-refractivity contribution in [3.63, 3.8) is 0 Å². The Morgan fingerprint density at radius 3 is 2.83 bits per heavy atom. The highest BCUT2D eigenvalue weighted by Crippen LogP contribution is 2.25. The summed E-state index contributed by atoms with van der Waals surface area (Å²) in [6, 6.07) is 7.92. The van der Waals surface area contributed by atoms with E-state index in [2.05, 4.69) is 37.8 Å². The molecule has 1 unspecified atom stereocenters. The van der Waals surface area contributed by atoms with Crippen LogP contribution in [0.5, 0.6) is 5.75 Å². The molecule has 1 saturated heterocycles. The lowest BCUT2D eigenvalue weighted by Crippen LogP contribution is -2.45. The normalized spacial score (nSPS) is 19.5. The van der Waals surface area contributed by atoms with Crippen LogP contribution in [0.25, 0.3) is 0 Å². The molecule has 0 aliphatic carbocycles. The van der Waals surface area contributed by atoms with Gasteiger partial charge in [0.25, 0.3) is 0 Å². The Bertz CT molecular complexity index is 522. The van der Waals surface area contributed by atoms with E-state index in [0.717, 1.165) is 44.5 Å². The van der Waals surface area contributed by atoms with Crippen molar-refractivity contribution in [1.29, 1.82) is 0 Å². The van der Waals surface area contributed by atoms with Crippen LogP contribution in [-0.2, 0) is 10.2 Å². The third kappa shape index (κ3) is 5.24. The lowest BCUT2D eigenvalue weighted by atomic mass is 9.87. The van der Waals surface area contributed by atoms with Crippen LogP contribution < -0.4 is 4.74 Å². The number of piperidine rings is 1. The molecule has 1 heterocycles. The van der Waals surface area contributed by atoms with Crippen molar-refractivity contribution in [1.82, 2.24) is 4.90 Å². The van der Waals surface area contributed by atoms with E-state index < -0.39 is 5.97 Å². The van der Waals surface area contributed by atoms with Gasteiger partial charge in [0.1, 0.15) is 11.8 Å². The number of carboxylic acids is 1. The largest absolute Gasteiger partial charge is 0.494 e. The van der Waals surface area contributed by atoms with Gasteiger partial charge < -0.3 is 9.84 Å². The lowest BCUT2D eigenvalue weighted by molar-refractivity contribution is -0.144. The van der Waals surface area contributed by atoms with E-state index in [1.807, 2.05) is 12.1 Å². The molecule has 0 radical (unpaired) electrons. The summed E-state index contributed by atoms with van der Waals surface area (Å²) in [4.78, 5) is 13.4. The molecule has 0 bridgehead atoms. The fraction of sp³-hybridized carbons (Fsp3) is 0.632. The van der Waals surface area contributed by atoms with Crippen LogP contribution in [0.4, 0.5) is 0 Å². The molecule has 1 N–H and O–H groups in total. The summed E-state index contributed by atoms with van der Waals surface area (Å²) >= 11 is 0. The van der Waals surface area contributed by atoms with E-state index >= 15 is 0 Å². The standard InChI is InChI=1S/C19H29NO3/c1-19(2,3)15-8-6-9-16(14-15)23-13-7-12-20-11-5-4-10-17(20)18(21)22/h6,8-9,14,17H,4-5,7,10-13H2,1-3H3,(H,21,22). The molecule has 1 aromatic carbocycles. The summed E-state index contributed by atoms with van der Waals surface area (Å²) in [5.41, 5.74) is 1.37. The summed E-state index contributed by atoms with van der Waals surface area (Å²) < 4.78 is 5.85. The second-order valence-electron chi connectivity index (χ2n) is 7.37. The highest BCUT2D eigenvalue weighted by Gasteiger charge is 2.27. The molecule has 1 aromatic rings. The summed E-state index contributed by atoms with van der Waals surface area (Å²) in [5.74, 6) is 0.203. The van der Waals surface area contributed by atoms with Gasteiger partial charge in [-0.25, -0.2) is 0 Å². The van der Waals surface area contributed by atoms with Crippen LogP contribution >= 0.6 is 0 Å². The fourth-order valence-electron chi connectivity index (χ4n) is 3.05. The van der Waals surface area contributed by atoms with Crippen LogP contribution in [0.3, 0.4) is 0 Å². The van der Waals surface area contributed by atoms with Gasteiger partial charge in [0.05, 0.1) is 6.61 Å². The Morgan fingerprint density at radius 1 is 1.35 bits per heavy atom. The summed E-state index contributed by atoms with van der Waals surface area (Å²) in [7, 11) is 0. The SMILES string of the molecule is CC(C)(C)c1cccc(OCCCN2CCCCC2C(=O)O)c1. The minimum Gasteiger partial charge on any atom is -0.494 e. The first-order chi connectivity index (χ1) is 10.9. The van der Waals surface area contributed by atoms with Crippen LogP contribution in [-0.4, -0.2) is 41.7 Å². The van der Waals surface area contributed by atoms with E-state index in [-0.39, 0.29) is 11.5 Å². The molecule has 1 fully saturated rings. The topological polar surface area (TPSA) is 49.8 Å². The van der Waals surface area contributed by atoms with Gasteiger partial charge in [-0.2, -0.15) is 0 Å². The fourth-order valence-corrected chi connectivity index (χ4v) is 3.05. The summed E-state index contributed by atoms with van der Waals surface area (Å²) in [5, 5.41) is 9.28. The molecule has 23 heavy (non-hydrogen) atoms. The smallest absolute Gasteiger partial charge is 0.320 e. The van der Waals surface area contributed by atoms with Crippen LogP contribution in [0.15, 0.2) is 24.3 Å². The van der Waals surface area contributed by atoms with Crippen LogP contribution in [0.2, 0.25) is 0 Å². The lowest BCUT2D eigenvalue weighted by Gasteiger charge is -2.32. The predicted octanol–water partition coefficient (Wildman–Crippen LogP) is 3.69. The van der Waals surface area contributed by atoms with Crippen LogP contribution in [0, 0.1) is 0 Å². The number of aliphatic carboxylic acids is 1. The number of ether oxygens (including phenoxy) is 1. The van der Waals surface area contributed by atoms with Gasteiger partial charge in [0.15, 0.2) is 0 Å². The quantitative estimate of drug-likeness (QED) is 0.812. The first kappa shape index (κ1) is 17.8. The molecule has 128 valence electrons. The van der Waals surface area contributed by atoms with Gasteiger partial charge >= 0.3 is 5.97 Å². The van der Waals surface area contributed by atoms with Crippen molar-refractivity contribution in [2.45, 2.75) is 57.9 Å². The number of carbonyl (C=O) groups is 1. The molecule has 2 rings (SSSR count). The zero-order valence-corrected chi connectivity index (χ0v) is 14.5. The average molecular weight is 319 g/mol. The highest BCUT2D eigenvalue weighted by molar-refractivity contribution is 5.73. The van der Waals surface area contributed by atoms with E-state index in [1.54, 1.807) is 0 Å². The second kappa shape index (κ2) is 7.82. The number of hydrogen-bond acceptors (Lipinski definition) is 3. The molecule has 4 heteroatoms. The maximum absolute atomic E-state index is 11.3. The molecule has 1 aliphatic rings. The minimum atomic E-state index is -0.691. The van der Waals surface area contributed by atoms with E-state index in [4.69, 9.17) is 4.74 Å². The van der Waals surface area contributed by atoms with Crippen molar-refractivity contribution in [3.05, 3.63) is 29.8 Å². The molecule has 1 atom stereocenters. The predicted molar refractivity (Wildman–Crippen MR) is 92.1 cm³/mol. The summed E-state index contributed by atoms with van der Waals surface area (Å²) in [6.07, 6.45) is 3.73. The molecule has 1 aliphatic heterocycles. The number of hydrogen-bond donors (Lipinski definition) is 1. The highest BCUT2D eigenvalue weighted by atomic mass is 16.5. The maximum Gasteiger partial charge on any atom is 0.320 e. The van der Waals surface area contributed by atoms with E-state index in [0.29, 0.717) is 6.61 Å². The molecular weight excluding hydrogens is 290 g/mol. The van der Waals surface area contributed by atoms with Crippen molar-refractivity contribution in [2.75, 3.05) is 19.7 Å². The number of rotatable bonds is 6. The second-order valence-corrected chi connectivity index (χ2v) is 7.37. The van der Waals surface area contributed by atoms with Crippen LogP contribution in [0.1, 0.15) is 52.0 Å².